The molecule has 0 aromatic heterocycles. The fourth-order valence-corrected chi connectivity index (χ4v) is 2.57. The molecule has 1 aliphatic rings. The zero-order valence-corrected chi connectivity index (χ0v) is 8.54. The first-order valence-corrected chi connectivity index (χ1v) is 5.81. The zero-order valence-electron chi connectivity index (χ0n) is 7.73. The molecule has 0 spiro atoms. The number of hydrogen-bond acceptors (Lipinski definition) is 3. The van der Waals surface area contributed by atoms with E-state index >= 15 is 0 Å². The molecule has 76 valence electrons. The van der Waals surface area contributed by atoms with Gasteiger partial charge in [0.2, 0.25) is 11.8 Å². The molecule has 5 heteroatoms. The number of carbonyl (C=O) groups excluding carboxylic acids is 2. The second-order valence-electron chi connectivity index (χ2n) is 2.91. The molecule has 2 atom stereocenters. The minimum absolute atomic E-state index is 0.0157. The molecule has 0 saturated heterocycles. The van der Waals surface area contributed by atoms with Crippen molar-refractivity contribution in [2.24, 2.45) is 0 Å². The van der Waals surface area contributed by atoms with Crippen molar-refractivity contribution >= 4 is 23.3 Å². The normalized spacial score (nSPS) is 25.4. The Bertz CT molecular complexity index is 298. The Kier molecular flexibility index (Phi) is 3.76. The molecule has 1 heterocycles. The van der Waals surface area contributed by atoms with Crippen molar-refractivity contribution in [3.05, 3.63) is 23.1 Å². The number of rotatable bonds is 4. The van der Waals surface area contributed by atoms with Crippen LogP contribution in [0.2, 0.25) is 0 Å². The quantitative estimate of drug-likeness (QED) is 0.476. The zero-order chi connectivity index (χ0) is 10.6. The predicted molar refractivity (Wildman–Crippen MR) is 53.1 cm³/mol. The molecule has 4 nitrogen and oxygen atoms in total. The van der Waals surface area contributed by atoms with Gasteiger partial charge in [0.15, 0.2) is 0 Å². The van der Waals surface area contributed by atoms with Gasteiger partial charge in [-0.2, -0.15) is 0 Å². The van der Waals surface area contributed by atoms with Crippen LogP contribution in [0.15, 0.2) is 23.1 Å². The Hall–Kier alpha value is -1.23. The number of carboxylic acids is 1. The van der Waals surface area contributed by atoms with Crippen LogP contribution in [-0.2, 0) is 20.5 Å². The minimum Gasteiger partial charge on any atom is -0.550 e. The van der Waals surface area contributed by atoms with Crippen LogP contribution in [0.25, 0.3) is 0 Å². The molecule has 0 radical (unpaired) electrons. The van der Waals surface area contributed by atoms with Crippen LogP contribution in [0.4, 0.5) is 0 Å². The maximum absolute atomic E-state index is 10.3. The van der Waals surface area contributed by atoms with E-state index in [2.05, 4.69) is 5.32 Å². The lowest BCUT2D eigenvalue weighted by atomic mass is 10.2. The largest absolute Gasteiger partial charge is 0.550 e. The summed E-state index contributed by atoms with van der Waals surface area (Å²) >= 11 is 0. The van der Waals surface area contributed by atoms with E-state index in [4.69, 9.17) is 0 Å². The Morgan fingerprint density at radius 1 is 1.79 bits per heavy atom. The summed E-state index contributed by atoms with van der Waals surface area (Å²) in [7, 11) is -0.157. The van der Waals surface area contributed by atoms with Gasteiger partial charge in [-0.25, -0.2) is 0 Å². The van der Waals surface area contributed by atoms with Crippen LogP contribution >= 0.6 is 0 Å². The molecule has 0 aromatic carbocycles. The molecule has 0 bridgehead atoms. The maximum Gasteiger partial charge on any atom is 0.214 e. The maximum atomic E-state index is 10.3. The molecule has 0 saturated carbocycles. The Morgan fingerprint density at radius 3 is 3.00 bits per heavy atom. The summed E-state index contributed by atoms with van der Waals surface area (Å²) in [5.74, 6) is -1.08. The summed E-state index contributed by atoms with van der Waals surface area (Å²) < 4.78 is 0. The summed E-state index contributed by atoms with van der Waals surface area (Å²) in [5, 5.41) is 14.8. The third-order valence-corrected chi connectivity index (χ3v) is 3.57. The van der Waals surface area contributed by atoms with Crippen LogP contribution in [0.1, 0.15) is 6.42 Å². The fraction of sp³-hybridized carbons (Fsp3) is 0.333. The number of nitrogens with one attached hydrogen (secondary N) is 1. The second kappa shape index (κ2) is 4.85. The van der Waals surface area contributed by atoms with Gasteiger partial charge in [-0.1, -0.05) is 6.08 Å². The monoisotopic (exact) mass is 213 g/mol. The molecule has 0 fully saturated rings. The summed E-state index contributed by atoms with van der Waals surface area (Å²) in [5.41, 5.74) is 0.736. The average molecular weight is 213 g/mol. The molecule has 1 aliphatic heterocycles. The van der Waals surface area contributed by atoms with Crippen molar-refractivity contribution in [1.29, 1.82) is 0 Å². The van der Waals surface area contributed by atoms with Gasteiger partial charge in [0.1, 0.15) is 11.7 Å². The number of amides is 1. The Balaban J connectivity index is 2.61. The van der Waals surface area contributed by atoms with E-state index in [0.717, 1.165) is 5.57 Å². The first kappa shape index (κ1) is 10.8. The molecule has 1 N–H and O–H groups in total. The Morgan fingerprint density at radius 2 is 2.50 bits per heavy atom. The third-order valence-electron chi connectivity index (χ3n) is 1.80. The van der Waals surface area contributed by atoms with E-state index in [-0.39, 0.29) is 22.7 Å². The van der Waals surface area contributed by atoms with E-state index in [1.54, 1.807) is 12.2 Å². The first-order chi connectivity index (χ1) is 6.63. The highest BCUT2D eigenvalue weighted by molar-refractivity contribution is 7.99. The lowest BCUT2D eigenvalue weighted by molar-refractivity contribution is -0.304. The summed E-state index contributed by atoms with van der Waals surface area (Å²) in [6.45, 7) is 0. The molecule has 0 aromatic rings. The SMILES string of the molecule is C[S+]1C=C(CC(=O)[O-])C=CC1NC=O. The van der Waals surface area contributed by atoms with Gasteiger partial charge in [-0.05, 0) is 6.08 Å². The summed E-state index contributed by atoms with van der Waals surface area (Å²) in [4.78, 5) is 20.5. The molecular formula is C9H11NO3S. The van der Waals surface area contributed by atoms with E-state index in [1.807, 2.05) is 11.7 Å². The van der Waals surface area contributed by atoms with Crippen molar-refractivity contribution in [2.45, 2.75) is 11.8 Å². The smallest absolute Gasteiger partial charge is 0.214 e. The van der Waals surface area contributed by atoms with Gasteiger partial charge in [0, 0.05) is 28.9 Å². The van der Waals surface area contributed by atoms with Crippen LogP contribution in [0.3, 0.4) is 0 Å². The molecule has 14 heavy (non-hydrogen) atoms. The average Bonchev–Trinajstić information content (AvgIpc) is 2.09. The van der Waals surface area contributed by atoms with Gasteiger partial charge in [0.05, 0.1) is 0 Å². The second-order valence-corrected chi connectivity index (χ2v) is 4.87. The number of allylic oxidation sites excluding steroid dienone is 1. The highest BCUT2D eigenvalue weighted by Crippen LogP contribution is 2.16. The van der Waals surface area contributed by atoms with Crippen molar-refractivity contribution in [2.75, 3.05) is 6.26 Å². The standard InChI is InChI=1S/C9H11NO3S/c1-14-5-7(4-9(12)13)2-3-8(14)10-6-11/h2-3,5-6,8H,4H2,1H3,(H-,10,11,12,13). The molecule has 0 aliphatic carbocycles. The number of carbonyl (C=O) groups is 2. The van der Waals surface area contributed by atoms with E-state index in [0.29, 0.717) is 6.41 Å². The van der Waals surface area contributed by atoms with Gasteiger partial charge in [-0.3, -0.25) is 4.79 Å². The van der Waals surface area contributed by atoms with Crippen LogP contribution in [0.5, 0.6) is 0 Å². The van der Waals surface area contributed by atoms with E-state index in [1.165, 1.54) is 0 Å². The number of aliphatic carboxylic acids is 1. The van der Waals surface area contributed by atoms with E-state index < -0.39 is 5.97 Å². The molecular weight excluding hydrogens is 202 g/mol. The molecule has 1 amide bonds. The van der Waals surface area contributed by atoms with Crippen LogP contribution in [-0.4, -0.2) is 24.0 Å². The predicted octanol–water partition coefficient (Wildman–Crippen LogP) is -1.10. The van der Waals surface area contributed by atoms with Gasteiger partial charge < -0.3 is 15.2 Å². The van der Waals surface area contributed by atoms with Gasteiger partial charge in [0.25, 0.3) is 0 Å². The lowest BCUT2D eigenvalue weighted by Gasteiger charge is -2.14. The van der Waals surface area contributed by atoms with Crippen molar-refractivity contribution in [3.63, 3.8) is 0 Å². The highest BCUT2D eigenvalue weighted by atomic mass is 32.2. The number of carboxylic acid groups (broad SMARTS) is 1. The summed E-state index contributed by atoms with van der Waals surface area (Å²) in [6.07, 6.45) is 6.04. The summed E-state index contributed by atoms with van der Waals surface area (Å²) in [6, 6.07) is 0. The number of hydrogen-bond donors (Lipinski definition) is 1. The minimum atomic E-state index is -1.08. The van der Waals surface area contributed by atoms with Crippen LogP contribution < -0.4 is 10.4 Å². The van der Waals surface area contributed by atoms with Crippen LogP contribution in [0, 0.1) is 0 Å². The highest BCUT2D eigenvalue weighted by Gasteiger charge is 2.24. The van der Waals surface area contributed by atoms with Crippen molar-refractivity contribution < 1.29 is 14.7 Å². The van der Waals surface area contributed by atoms with Crippen molar-refractivity contribution in [1.82, 2.24) is 5.32 Å². The van der Waals surface area contributed by atoms with E-state index in [9.17, 15) is 14.7 Å². The molecule has 2 unspecified atom stereocenters. The van der Waals surface area contributed by atoms with Gasteiger partial charge >= 0.3 is 0 Å². The van der Waals surface area contributed by atoms with Gasteiger partial charge in [-0.15, -0.1) is 0 Å². The molecule has 1 rings (SSSR count). The fourth-order valence-electron chi connectivity index (χ4n) is 1.18. The lowest BCUT2D eigenvalue weighted by Crippen LogP contribution is -2.34. The van der Waals surface area contributed by atoms with Crippen molar-refractivity contribution in [3.8, 4) is 0 Å². The Labute approximate surface area is 85.0 Å². The third kappa shape index (κ3) is 2.92. The topological polar surface area (TPSA) is 69.2 Å². The first-order valence-electron chi connectivity index (χ1n) is 4.05.